The number of hydrogen-bond acceptors (Lipinski definition) is 4. The fraction of sp³-hybridized carbons (Fsp3) is 0.632. The van der Waals surface area contributed by atoms with Crippen LogP contribution in [0.15, 0.2) is 18.2 Å². The highest BCUT2D eigenvalue weighted by Gasteiger charge is 2.22. The van der Waals surface area contributed by atoms with Gasteiger partial charge in [-0.3, -0.25) is 0 Å². The largest absolute Gasteiger partial charge is 0.393 e. The first-order chi connectivity index (χ1) is 11.3. The molecule has 0 amide bonds. The third-order valence-electron chi connectivity index (χ3n) is 4.76. The van der Waals surface area contributed by atoms with Gasteiger partial charge in [-0.05, 0) is 70.3 Å². The summed E-state index contributed by atoms with van der Waals surface area (Å²) in [4.78, 5) is 2.22. The van der Waals surface area contributed by atoms with Crippen LogP contribution in [0.1, 0.15) is 51.6 Å². The Hall–Kier alpha value is -1.64. The second-order valence-electron chi connectivity index (χ2n) is 7.34. The molecule has 1 aliphatic rings. The lowest BCUT2D eigenvalue weighted by atomic mass is 9.91. The Morgan fingerprint density at radius 1 is 1.42 bits per heavy atom. The molecule has 2 rings (SSSR count). The summed E-state index contributed by atoms with van der Waals surface area (Å²) in [5.74, 6) is -0.239. The number of nitrogens with one attached hydrogen (secondary N) is 1. The van der Waals surface area contributed by atoms with Gasteiger partial charge in [-0.1, -0.05) is 0 Å². The molecule has 0 spiro atoms. The molecule has 1 heterocycles. The molecule has 5 heteroatoms. The minimum Gasteiger partial charge on any atom is -0.393 e. The van der Waals surface area contributed by atoms with Gasteiger partial charge in [-0.15, -0.1) is 0 Å². The molecule has 1 fully saturated rings. The summed E-state index contributed by atoms with van der Waals surface area (Å²) in [6.45, 7) is 8.15. The average Bonchev–Trinajstić information content (AvgIpc) is 2.55. The van der Waals surface area contributed by atoms with Crippen LogP contribution >= 0.6 is 0 Å². The smallest absolute Gasteiger partial charge is 0.123 e. The van der Waals surface area contributed by atoms with Crippen molar-refractivity contribution >= 4 is 5.69 Å². The van der Waals surface area contributed by atoms with Crippen LogP contribution in [0.3, 0.4) is 0 Å². The van der Waals surface area contributed by atoms with Crippen LogP contribution in [0.25, 0.3) is 0 Å². The average molecular weight is 333 g/mol. The van der Waals surface area contributed by atoms with E-state index in [1.807, 2.05) is 26.8 Å². The summed E-state index contributed by atoms with van der Waals surface area (Å²) in [7, 11) is 0. The predicted molar refractivity (Wildman–Crippen MR) is 94.3 cm³/mol. The molecule has 1 saturated heterocycles. The number of hydrogen-bond donors (Lipinski definition) is 2. The van der Waals surface area contributed by atoms with Gasteiger partial charge in [0.15, 0.2) is 0 Å². The summed E-state index contributed by atoms with van der Waals surface area (Å²) < 4.78 is 13.8. The number of piperidine rings is 1. The lowest BCUT2D eigenvalue weighted by Gasteiger charge is -2.34. The van der Waals surface area contributed by atoms with Crippen molar-refractivity contribution in [2.75, 3.05) is 24.5 Å². The Balaban J connectivity index is 2.08. The SMILES string of the molecule is CC(NCCC(C)(C)C#N)c1cc(F)ccc1N1CCC(O)CC1. The molecule has 0 radical (unpaired) electrons. The first-order valence-electron chi connectivity index (χ1n) is 8.69. The Morgan fingerprint density at radius 2 is 2.08 bits per heavy atom. The molecule has 1 aromatic rings. The summed E-state index contributed by atoms with van der Waals surface area (Å²) >= 11 is 0. The fourth-order valence-electron chi connectivity index (χ4n) is 3.03. The van der Waals surface area contributed by atoms with Gasteiger partial charge in [0.2, 0.25) is 0 Å². The summed E-state index contributed by atoms with van der Waals surface area (Å²) in [5, 5.41) is 22.2. The Kier molecular flexibility index (Phi) is 6.20. The minimum absolute atomic E-state index is 0.00274. The third-order valence-corrected chi connectivity index (χ3v) is 4.76. The highest BCUT2D eigenvalue weighted by Crippen LogP contribution is 2.30. The predicted octanol–water partition coefficient (Wildman–Crippen LogP) is 3.38. The van der Waals surface area contributed by atoms with Gasteiger partial charge in [0, 0.05) is 24.8 Å². The zero-order valence-electron chi connectivity index (χ0n) is 14.8. The maximum Gasteiger partial charge on any atom is 0.123 e. The Morgan fingerprint density at radius 3 is 2.71 bits per heavy atom. The van der Waals surface area contributed by atoms with Crippen molar-refractivity contribution in [2.45, 2.75) is 52.2 Å². The van der Waals surface area contributed by atoms with E-state index in [9.17, 15) is 9.50 Å². The molecule has 4 nitrogen and oxygen atoms in total. The normalized spacial score (nSPS) is 17.6. The molecule has 1 aliphatic heterocycles. The van der Waals surface area contributed by atoms with Gasteiger partial charge >= 0.3 is 0 Å². The number of nitriles is 1. The van der Waals surface area contributed by atoms with E-state index in [4.69, 9.17) is 5.26 Å². The van der Waals surface area contributed by atoms with Crippen LogP contribution < -0.4 is 10.2 Å². The molecule has 1 atom stereocenters. The number of aliphatic hydroxyl groups is 1. The number of halogens is 1. The van der Waals surface area contributed by atoms with E-state index in [-0.39, 0.29) is 23.4 Å². The third kappa shape index (κ3) is 4.93. The van der Waals surface area contributed by atoms with Crippen LogP contribution in [0.2, 0.25) is 0 Å². The van der Waals surface area contributed by atoms with Crippen molar-refractivity contribution in [3.05, 3.63) is 29.6 Å². The molecule has 24 heavy (non-hydrogen) atoms. The van der Waals surface area contributed by atoms with Crippen molar-refractivity contribution in [3.8, 4) is 6.07 Å². The van der Waals surface area contributed by atoms with Crippen molar-refractivity contribution in [1.82, 2.24) is 5.32 Å². The standard InChI is InChI=1S/C19H28FN3O/c1-14(22-9-8-19(2,3)13-21)17-12-15(20)4-5-18(17)23-10-6-16(24)7-11-23/h4-5,12,14,16,22,24H,6-11H2,1-3H3. The number of nitrogens with zero attached hydrogens (tertiary/aromatic N) is 2. The van der Waals surface area contributed by atoms with Crippen LogP contribution in [-0.2, 0) is 0 Å². The number of benzene rings is 1. The molecule has 0 aromatic heterocycles. The summed E-state index contributed by atoms with van der Waals surface area (Å²) in [5.41, 5.74) is 1.60. The molecular formula is C19H28FN3O. The second kappa shape index (κ2) is 7.96. The quantitative estimate of drug-likeness (QED) is 0.838. The van der Waals surface area contributed by atoms with E-state index in [1.54, 1.807) is 6.07 Å². The van der Waals surface area contributed by atoms with Crippen molar-refractivity contribution < 1.29 is 9.50 Å². The minimum atomic E-state index is -0.361. The maximum absolute atomic E-state index is 13.8. The van der Waals surface area contributed by atoms with Gasteiger partial charge in [0.05, 0.1) is 17.6 Å². The number of anilines is 1. The highest BCUT2D eigenvalue weighted by atomic mass is 19.1. The topological polar surface area (TPSA) is 59.3 Å². The van der Waals surface area contributed by atoms with Crippen molar-refractivity contribution in [3.63, 3.8) is 0 Å². The lowest BCUT2D eigenvalue weighted by molar-refractivity contribution is 0.145. The zero-order chi connectivity index (χ0) is 17.7. The summed E-state index contributed by atoms with van der Waals surface area (Å²) in [6, 6.07) is 7.22. The van der Waals surface area contributed by atoms with E-state index in [2.05, 4.69) is 16.3 Å². The van der Waals surface area contributed by atoms with Crippen LogP contribution in [-0.4, -0.2) is 30.8 Å². The molecule has 2 N–H and O–H groups in total. The first kappa shape index (κ1) is 18.7. The van der Waals surface area contributed by atoms with E-state index < -0.39 is 0 Å². The van der Waals surface area contributed by atoms with Gasteiger partial charge in [-0.2, -0.15) is 5.26 Å². The molecule has 0 saturated carbocycles. The van der Waals surface area contributed by atoms with E-state index in [1.165, 1.54) is 6.07 Å². The van der Waals surface area contributed by atoms with E-state index in [0.717, 1.165) is 43.6 Å². The van der Waals surface area contributed by atoms with Crippen LogP contribution in [0.4, 0.5) is 10.1 Å². The molecule has 1 aromatic carbocycles. The monoisotopic (exact) mass is 333 g/mol. The number of aliphatic hydroxyl groups excluding tert-OH is 1. The molecular weight excluding hydrogens is 305 g/mol. The maximum atomic E-state index is 13.8. The fourth-order valence-corrected chi connectivity index (χ4v) is 3.03. The second-order valence-corrected chi connectivity index (χ2v) is 7.34. The van der Waals surface area contributed by atoms with Crippen LogP contribution in [0, 0.1) is 22.6 Å². The Labute approximate surface area is 144 Å². The van der Waals surface area contributed by atoms with E-state index >= 15 is 0 Å². The molecule has 132 valence electrons. The molecule has 1 unspecified atom stereocenters. The van der Waals surface area contributed by atoms with Gasteiger partial charge in [-0.25, -0.2) is 4.39 Å². The zero-order valence-corrected chi connectivity index (χ0v) is 14.8. The van der Waals surface area contributed by atoms with Gasteiger partial charge in [0.1, 0.15) is 5.82 Å². The van der Waals surface area contributed by atoms with Gasteiger partial charge in [0.25, 0.3) is 0 Å². The van der Waals surface area contributed by atoms with Gasteiger partial charge < -0.3 is 15.3 Å². The Bertz CT molecular complexity index is 589. The van der Waals surface area contributed by atoms with Crippen molar-refractivity contribution in [1.29, 1.82) is 5.26 Å². The summed E-state index contributed by atoms with van der Waals surface area (Å²) in [6.07, 6.45) is 2.01. The molecule has 0 bridgehead atoms. The van der Waals surface area contributed by atoms with Crippen molar-refractivity contribution in [2.24, 2.45) is 5.41 Å². The lowest BCUT2D eigenvalue weighted by Crippen LogP contribution is -2.37. The first-order valence-corrected chi connectivity index (χ1v) is 8.69. The number of rotatable bonds is 6. The van der Waals surface area contributed by atoms with Crippen LogP contribution in [0.5, 0.6) is 0 Å². The van der Waals surface area contributed by atoms with E-state index in [0.29, 0.717) is 6.54 Å². The highest BCUT2D eigenvalue weighted by molar-refractivity contribution is 5.55. The molecule has 0 aliphatic carbocycles.